The third kappa shape index (κ3) is 4.45. The molecular weight excluding hydrogens is 322 g/mol. The molecule has 24 heavy (non-hydrogen) atoms. The maximum Gasteiger partial charge on any atom is 0.354 e. The lowest BCUT2D eigenvalue weighted by Gasteiger charge is -2.11. The van der Waals surface area contributed by atoms with E-state index in [4.69, 9.17) is 0 Å². The van der Waals surface area contributed by atoms with Crippen LogP contribution in [0.3, 0.4) is 0 Å². The molecule has 0 amide bonds. The predicted octanol–water partition coefficient (Wildman–Crippen LogP) is 2.44. The molecule has 0 bridgehead atoms. The maximum atomic E-state index is 13.8. The van der Waals surface area contributed by atoms with Crippen LogP contribution in [0.2, 0.25) is 0 Å². The summed E-state index contributed by atoms with van der Waals surface area (Å²) in [5.74, 6) is -5.12. The van der Waals surface area contributed by atoms with E-state index in [2.05, 4.69) is 9.47 Å². The molecule has 0 aliphatic heterocycles. The fraction of sp³-hybridized carbons (Fsp3) is 0.118. The zero-order valence-corrected chi connectivity index (χ0v) is 12.2. The summed E-state index contributed by atoms with van der Waals surface area (Å²) in [6, 6.07) is 14.8. The zero-order chi connectivity index (χ0) is 17.5. The molecule has 0 aliphatic carbocycles. The number of Topliss-reactive ketones (excluding diaryl/α,β-unsaturated/α-hetero) is 1. The van der Waals surface area contributed by atoms with E-state index in [0.717, 1.165) is 0 Å². The molecule has 0 aromatic heterocycles. The molecule has 124 valence electrons. The quantitative estimate of drug-likeness (QED) is 0.461. The summed E-state index contributed by atoms with van der Waals surface area (Å²) < 4.78 is 36.7. The summed E-state index contributed by atoms with van der Waals surface area (Å²) >= 11 is 0. The highest BCUT2D eigenvalue weighted by Crippen LogP contribution is 2.14. The van der Waals surface area contributed by atoms with E-state index >= 15 is 0 Å². The first-order valence-electron chi connectivity index (χ1n) is 6.84. The predicted molar refractivity (Wildman–Crippen MR) is 79.0 cm³/mol. The second-order valence-corrected chi connectivity index (χ2v) is 4.60. The van der Waals surface area contributed by atoms with Crippen molar-refractivity contribution in [3.63, 3.8) is 0 Å². The highest BCUT2D eigenvalue weighted by molar-refractivity contribution is 6.12. The Bertz CT molecular complexity index is 657. The lowest BCUT2D eigenvalue weighted by Crippen LogP contribution is -2.40. The highest BCUT2D eigenvalue weighted by atomic mass is 19.1. The molecule has 0 heterocycles. The first-order chi connectivity index (χ1) is 11.5. The average Bonchev–Trinajstić information content (AvgIpc) is 2.61. The number of carbonyl (C=O) groups excluding carboxylic acids is 3. The van der Waals surface area contributed by atoms with Crippen molar-refractivity contribution < 1.29 is 32.6 Å². The Hall–Kier alpha value is -3.09. The molecule has 0 saturated carbocycles. The molecular formula is C17H12F2O5. The molecule has 2 rings (SSSR count). The van der Waals surface area contributed by atoms with Crippen LogP contribution in [0.4, 0.5) is 8.78 Å². The molecule has 0 saturated heterocycles. The molecule has 2 aromatic carbocycles. The summed E-state index contributed by atoms with van der Waals surface area (Å²) in [5, 5.41) is 0. The van der Waals surface area contributed by atoms with Gasteiger partial charge in [0.1, 0.15) is 11.5 Å². The van der Waals surface area contributed by atoms with Gasteiger partial charge in [0.2, 0.25) is 5.78 Å². The van der Waals surface area contributed by atoms with Crippen molar-refractivity contribution in [1.82, 2.24) is 0 Å². The van der Waals surface area contributed by atoms with Crippen LogP contribution in [-0.4, -0.2) is 30.1 Å². The number of ketones is 1. The molecule has 7 heteroatoms. The van der Waals surface area contributed by atoms with Crippen molar-refractivity contribution in [1.29, 1.82) is 0 Å². The Morgan fingerprint density at radius 1 is 0.667 bits per heavy atom. The minimum Gasteiger partial charge on any atom is -0.424 e. The summed E-state index contributed by atoms with van der Waals surface area (Å²) in [6.07, 6.45) is -5.88. The number of esters is 2. The smallest absolute Gasteiger partial charge is 0.354 e. The van der Waals surface area contributed by atoms with Gasteiger partial charge in [-0.3, -0.25) is 4.79 Å². The monoisotopic (exact) mass is 334 g/mol. The molecule has 2 atom stereocenters. The summed E-state index contributed by atoms with van der Waals surface area (Å²) in [6.45, 7) is 0. The molecule has 0 fully saturated rings. The molecule has 2 unspecified atom stereocenters. The van der Waals surface area contributed by atoms with Crippen molar-refractivity contribution in [2.24, 2.45) is 0 Å². The van der Waals surface area contributed by atoms with Gasteiger partial charge in [0, 0.05) is 0 Å². The van der Waals surface area contributed by atoms with E-state index < -0.39 is 30.1 Å². The normalized spacial score (nSPS) is 12.8. The van der Waals surface area contributed by atoms with E-state index in [1.165, 1.54) is 48.5 Å². The Balaban J connectivity index is 1.96. The van der Waals surface area contributed by atoms with E-state index in [0.29, 0.717) is 0 Å². The third-order valence-corrected chi connectivity index (χ3v) is 2.84. The van der Waals surface area contributed by atoms with Crippen LogP contribution in [0.15, 0.2) is 60.7 Å². The molecule has 0 radical (unpaired) electrons. The number of halogens is 2. The number of alkyl halides is 2. The second kappa shape index (κ2) is 7.96. The van der Waals surface area contributed by atoms with Crippen LogP contribution in [0.5, 0.6) is 11.5 Å². The highest BCUT2D eigenvalue weighted by Gasteiger charge is 2.39. The van der Waals surface area contributed by atoms with Gasteiger partial charge in [0.15, 0.2) is 0 Å². The Morgan fingerprint density at radius 3 is 1.33 bits per heavy atom. The number of carbonyl (C=O) groups is 3. The minimum absolute atomic E-state index is 0.0137. The minimum atomic E-state index is -2.94. The Kier molecular flexibility index (Phi) is 5.73. The maximum absolute atomic E-state index is 13.8. The molecule has 0 aliphatic rings. The van der Waals surface area contributed by atoms with Gasteiger partial charge in [-0.25, -0.2) is 18.4 Å². The Morgan fingerprint density at radius 2 is 1.00 bits per heavy atom. The molecule has 5 nitrogen and oxygen atoms in total. The van der Waals surface area contributed by atoms with Gasteiger partial charge in [-0.05, 0) is 24.3 Å². The van der Waals surface area contributed by atoms with Crippen molar-refractivity contribution in [3.8, 4) is 11.5 Å². The molecule has 0 N–H and O–H groups in total. The molecule has 2 aromatic rings. The van der Waals surface area contributed by atoms with Crippen LogP contribution in [0.25, 0.3) is 0 Å². The second-order valence-electron chi connectivity index (χ2n) is 4.60. The summed E-state index contributed by atoms with van der Waals surface area (Å²) in [5.41, 5.74) is 0. The van der Waals surface area contributed by atoms with E-state index in [1.54, 1.807) is 12.1 Å². The number of benzene rings is 2. The fourth-order valence-corrected chi connectivity index (χ4v) is 1.67. The third-order valence-electron chi connectivity index (χ3n) is 2.84. The van der Waals surface area contributed by atoms with Crippen molar-refractivity contribution in [3.05, 3.63) is 60.7 Å². The van der Waals surface area contributed by atoms with Gasteiger partial charge in [-0.15, -0.1) is 0 Å². The first-order valence-corrected chi connectivity index (χ1v) is 6.84. The number of hydrogen-bond acceptors (Lipinski definition) is 5. The number of ether oxygens (including phenoxy) is 2. The van der Waals surface area contributed by atoms with E-state index in [-0.39, 0.29) is 11.5 Å². The van der Waals surface area contributed by atoms with Gasteiger partial charge < -0.3 is 9.47 Å². The van der Waals surface area contributed by atoms with Gasteiger partial charge in [-0.2, -0.15) is 0 Å². The molecule has 0 spiro atoms. The summed E-state index contributed by atoms with van der Waals surface area (Å²) in [7, 11) is 0. The fourth-order valence-electron chi connectivity index (χ4n) is 1.67. The van der Waals surface area contributed by atoms with Gasteiger partial charge in [0.05, 0.1) is 0 Å². The number of para-hydroxylation sites is 2. The lowest BCUT2D eigenvalue weighted by molar-refractivity contribution is -0.152. The lowest BCUT2D eigenvalue weighted by atomic mass is 10.1. The average molecular weight is 334 g/mol. The Labute approximate surface area is 135 Å². The number of rotatable bonds is 6. The zero-order valence-electron chi connectivity index (χ0n) is 12.2. The van der Waals surface area contributed by atoms with Gasteiger partial charge in [-0.1, -0.05) is 36.4 Å². The largest absolute Gasteiger partial charge is 0.424 e. The van der Waals surface area contributed by atoms with Crippen LogP contribution in [0.1, 0.15) is 0 Å². The van der Waals surface area contributed by atoms with Gasteiger partial charge >= 0.3 is 11.9 Å². The van der Waals surface area contributed by atoms with Crippen LogP contribution >= 0.6 is 0 Å². The van der Waals surface area contributed by atoms with Crippen molar-refractivity contribution >= 4 is 17.7 Å². The van der Waals surface area contributed by atoms with Crippen LogP contribution in [0, 0.1) is 0 Å². The van der Waals surface area contributed by atoms with Gasteiger partial charge in [0.25, 0.3) is 12.3 Å². The van der Waals surface area contributed by atoms with Crippen LogP contribution < -0.4 is 9.47 Å². The summed E-state index contributed by atoms with van der Waals surface area (Å²) in [4.78, 5) is 34.6. The standard InChI is InChI=1S/C17H12F2O5/c18-13(16(21)23-11-7-3-1-4-8-11)15(20)14(19)17(22)24-12-9-5-2-6-10-12/h1-10,13-14H. The van der Waals surface area contributed by atoms with Crippen LogP contribution in [-0.2, 0) is 14.4 Å². The SMILES string of the molecule is O=C(Oc1ccccc1)C(F)C(=O)C(F)C(=O)Oc1ccccc1. The van der Waals surface area contributed by atoms with Crippen molar-refractivity contribution in [2.75, 3.05) is 0 Å². The van der Waals surface area contributed by atoms with E-state index in [9.17, 15) is 23.2 Å². The van der Waals surface area contributed by atoms with E-state index in [1.807, 2.05) is 0 Å². The number of hydrogen-bond donors (Lipinski definition) is 0. The first kappa shape index (κ1) is 17.3. The van der Waals surface area contributed by atoms with Crippen molar-refractivity contribution in [2.45, 2.75) is 12.3 Å². The topological polar surface area (TPSA) is 69.7 Å².